The van der Waals surface area contributed by atoms with Crippen LogP contribution in [0.2, 0.25) is 0 Å². The third-order valence-corrected chi connectivity index (χ3v) is 5.92. The standard InChI is InChI=1S/C18H20O2/c1-10-9-17(2)15-12-7-5-4-6-11(12)8-13(15)14(10)18(3,20)16(17)19/h4-7,9,13-15,20H,8H2,1-3H3/t13-,14+,15-,17-,18-/m0/s1. The summed E-state index contributed by atoms with van der Waals surface area (Å²) < 4.78 is 0. The van der Waals surface area contributed by atoms with Crippen LogP contribution in [0.15, 0.2) is 35.9 Å². The Kier molecular flexibility index (Phi) is 2.11. The quantitative estimate of drug-likeness (QED) is 0.735. The molecule has 2 heteroatoms. The van der Waals surface area contributed by atoms with Gasteiger partial charge in [0, 0.05) is 11.8 Å². The van der Waals surface area contributed by atoms with Crippen molar-refractivity contribution in [3.63, 3.8) is 0 Å². The second kappa shape index (κ2) is 3.43. The first kappa shape index (κ1) is 12.3. The second-order valence-electron chi connectivity index (χ2n) is 7.17. The summed E-state index contributed by atoms with van der Waals surface area (Å²) >= 11 is 0. The van der Waals surface area contributed by atoms with Gasteiger partial charge >= 0.3 is 0 Å². The highest BCUT2D eigenvalue weighted by atomic mass is 16.3. The molecule has 5 rings (SSSR count). The van der Waals surface area contributed by atoms with Crippen molar-refractivity contribution in [3.05, 3.63) is 47.0 Å². The van der Waals surface area contributed by atoms with E-state index in [1.165, 1.54) is 16.7 Å². The zero-order chi connectivity index (χ0) is 14.3. The van der Waals surface area contributed by atoms with Gasteiger partial charge in [0.15, 0.2) is 5.78 Å². The molecule has 0 saturated heterocycles. The largest absolute Gasteiger partial charge is 0.382 e. The number of carbonyl (C=O) groups excluding carboxylic acids is 1. The molecule has 20 heavy (non-hydrogen) atoms. The Labute approximate surface area is 119 Å². The second-order valence-corrected chi connectivity index (χ2v) is 7.17. The highest BCUT2D eigenvalue weighted by molar-refractivity contribution is 5.98. The van der Waals surface area contributed by atoms with Crippen molar-refractivity contribution in [3.8, 4) is 0 Å². The Morgan fingerprint density at radius 3 is 2.65 bits per heavy atom. The zero-order valence-electron chi connectivity index (χ0n) is 12.2. The van der Waals surface area contributed by atoms with E-state index in [9.17, 15) is 9.90 Å². The summed E-state index contributed by atoms with van der Waals surface area (Å²) in [4.78, 5) is 12.8. The molecule has 2 nitrogen and oxygen atoms in total. The first-order chi connectivity index (χ1) is 9.37. The fraction of sp³-hybridized carbons (Fsp3) is 0.500. The molecule has 0 heterocycles. The van der Waals surface area contributed by atoms with Crippen LogP contribution < -0.4 is 0 Å². The average molecular weight is 268 g/mol. The number of allylic oxidation sites excluding steroid dienone is 1. The highest BCUT2D eigenvalue weighted by Crippen LogP contribution is 2.64. The lowest BCUT2D eigenvalue weighted by Crippen LogP contribution is -2.63. The molecule has 1 aromatic carbocycles. The van der Waals surface area contributed by atoms with Gasteiger partial charge in [0.05, 0.1) is 5.41 Å². The molecule has 2 bridgehead atoms. The van der Waals surface area contributed by atoms with E-state index in [-0.39, 0.29) is 17.6 Å². The molecule has 104 valence electrons. The van der Waals surface area contributed by atoms with Crippen LogP contribution in [-0.4, -0.2) is 16.5 Å². The van der Waals surface area contributed by atoms with Gasteiger partial charge in [0.1, 0.15) is 5.60 Å². The Hall–Kier alpha value is -1.41. The normalized spacial score (nSPS) is 45.1. The molecular formula is C18H20O2. The van der Waals surface area contributed by atoms with Crippen LogP contribution in [0.5, 0.6) is 0 Å². The van der Waals surface area contributed by atoms with E-state index in [2.05, 4.69) is 37.3 Å². The van der Waals surface area contributed by atoms with E-state index < -0.39 is 11.0 Å². The maximum atomic E-state index is 12.8. The van der Waals surface area contributed by atoms with Gasteiger partial charge < -0.3 is 5.11 Å². The molecule has 1 fully saturated rings. The molecule has 4 aliphatic rings. The summed E-state index contributed by atoms with van der Waals surface area (Å²) in [5.74, 6) is 0.558. The molecule has 0 radical (unpaired) electrons. The Morgan fingerprint density at radius 1 is 1.20 bits per heavy atom. The number of rotatable bonds is 0. The molecule has 0 aliphatic heterocycles. The van der Waals surface area contributed by atoms with Crippen molar-refractivity contribution in [2.45, 2.75) is 38.7 Å². The van der Waals surface area contributed by atoms with Gasteiger partial charge in [-0.2, -0.15) is 0 Å². The van der Waals surface area contributed by atoms with Crippen molar-refractivity contribution in [2.24, 2.45) is 17.3 Å². The topological polar surface area (TPSA) is 37.3 Å². The smallest absolute Gasteiger partial charge is 0.174 e. The number of ketones is 1. The monoisotopic (exact) mass is 268 g/mol. The minimum Gasteiger partial charge on any atom is -0.382 e. The zero-order valence-corrected chi connectivity index (χ0v) is 12.2. The lowest BCUT2D eigenvalue weighted by molar-refractivity contribution is -0.163. The molecule has 4 aliphatic carbocycles. The molecule has 1 aromatic rings. The first-order valence-corrected chi connectivity index (χ1v) is 7.42. The maximum absolute atomic E-state index is 12.8. The van der Waals surface area contributed by atoms with E-state index in [0.717, 1.165) is 6.42 Å². The molecule has 0 amide bonds. The minimum atomic E-state index is -1.21. The van der Waals surface area contributed by atoms with Gasteiger partial charge in [-0.25, -0.2) is 0 Å². The molecule has 0 spiro atoms. The van der Waals surface area contributed by atoms with Crippen LogP contribution in [0.3, 0.4) is 0 Å². The van der Waals surface area contributed by atoms with E-state index in [0.29, 0.717) is 5.92 Å². The summed E-state index contributed by atoms with van der Waals surface area (Å²) in [5.41, 5.74) is 2.09. The average Bonchev–Trinajstić information content (AvgIpc) is 2.75. The SMILES string of the molecule is CC1=C[C@]2(C)C(=O)[C@@](C)(O)[C@H]1[C@@H]1Cc3ccccc3[C@@H]12. The van der Waals surface area contributed by atoms with Gasteiger partial charge in [-0.05, 0) is 44.2 Å². The third kappa shape index (κ3) is 1.17. The van der Waals surface area contributed by atoms with Crippen LogP contribution in [0.4, 0.5) is 0 Å². The van der Waals surface area contributed by atoms with Crippen LogP contribution >= 0.6 is 0 Å². The minimum absolute atomic E-state index is 0.00134. The van der Waals surface area contributed by atoms with Crippen molar-refractivity contribution in [2.75, 3.05) is 0 Å². The first-order valence-electron chi connectivity index (χ1n) is 7.42. The summed E-state index contributed by atoms with van der Waals surface area (Å²) in [6.45, 7) is 5.80. The van der Waals surface area contributed by atoms with Crippen molar-refractivity contribution < 1.29 is 9.90 Å². The number of carbonyl (C=O) groups is 1. The van der Waals surface area contributed by atoms with Gasteiger partial charge in [0.2, 0.25) is 0 Å². The molecule has 5 atom stereocenters. The lowest BCUT2D eigenvalue weighted by atomic mass is 9.47. The van der Waals surface area contributed by atoms with Crippen molar-refractivity contribution in [1.29, 1.82) is 0 Å². The van der Waals surface area contributed by atoms with Gasteiger partial charge in [-0.1, -0.05) is 35.9 Å². The van der Waals surface area contributed by atoms with Crippen LogP contribution in [-0.2, 0) is 11.2 Å². The molecule has 0 unspecified atom stereocenters. The molecular weight excluding hydrogens is 248 g/mol. The predicted molar refractivity (Wildman–Crippen MR) is 77.4 cm³/mol. The summed E-state index contributed by atoms with van der Waals surface area (Å²) in [6, 6.07) is 8.47. The Morgan fingerprint density at radius 2 is 1.90 bits per heavy atom. The summed E-state index contributed by atoms with van der Waals surface area (Å²) in [6.07, 6.45) is 3.11. The van der Waals surface area contributed by atoms with Gasteiger partial charge in [-0.3, -0.25) is 4.79 Å². The number of Topliss-reactive ketones (excluding diaryl/α,β-unsaturated/α-hetero) is 1. The van der Waals surface area contributed by atoms with Crippen LogP contribution in [0.25, 0.3) is 0 Å². The van der Waals surface area contributed by atoms with E-state index >= 15 is 0 Å². The van der Waals surface area contributed by atoms with E-state index in [4.69, 9.17) is 0 Å². The number of benzene rings is 1. The van der Waals surface area contributed by atoms with Crippen LogP contribution in [0.1, 0.15) is 37.8 Å². The number of aliphatic hydroxyl groups is 1. The van der Waals surface area contributed by atoms with Crippen molar-refractivity contribution in [1.82, 2.24) is 0 Å². The van der Waals surface area contributed by atoms with Gasteiger partial charge in [-0.15, -0.1) is 0 Å². The highest BCUT2D eigenvalue weighted by Gasteiger charge is 2.66. The third-order valence-electron chi connectivity index (χ3n) is 5.92. The maximum Gasteiger partial charge on any atom is 0.174 e. The molecule has 1 saturated carbocycles. The predicted octanol–water partition coefficient (Wildman–Crippen LogP) is 2.86. The summed E-state index contributed by atoms with van der Waals surface area (Å²) in [5, 5.41) is 10.8. The fourth-order valence-electron chi connectivity index (χ4n) is 5.45. The molecule has 0 aromatic heterocycles. The van der Waals surface area contributed by atoms with E-state index in [1.54, 1.807) is 6.92 Å². The summed E-state index contributed by atoms with van der Waals surface area (Å²) in [7, 11) is 0. The number of fused-ring (bicyclic) bond motifs is 2. The lowest BCUT2D eigenvalue weighted by Gasteiger charge is -2.56. The Bertz CT molecular complexity index is 655. The van der Waals surface area contributed by atoms with Crippen LogP contribution in [0, 0.1) is 17.3 Å². The number of hydrogen-bond acceptors (Lipinski definition) is 2. The fourth-order valence-corrected chi connectivity index (χ4v) is 5.45. The van der Waals surface area contributed by atoms with Gasteiger partial charge in [0.25, 0.3) is 0 Å². The van der Waals surface area contributed by atoms with E-state index in [1.807, 2.05) is 6.92 Å². The number of hydrogen-bond donors (Lipinski definition) is 1. The molecule has 1 N–H and O–H groups in total. The Balaban J connectivity index is 1.98. The van der Waals surface area contributed by atoms with Crippen molar-refractivity contribution >= 4 is 5.78 Å².